The molecular weight excluding hydrogens is 204 g/mol. The number of anilines is 1. The second-order valence-corrected chi connectivity index (χ2v) is 2.86. The van der Waals surface area contributed by atoms with E-state index in [1.54, 1.807) is 6.07 Å². The number of esters is 1. The van der Waals surface area contributed by atoms with E-state index >= 15 is 0 Å². The standard InChI is InChI=1S/C9H9ClN2O2/c1-14-8(13)3-2-6-4-7(11)5-12-9(6)10/h2-5H,11H2,1H3. The van der Waals surface area contributed by atoms with Gasteiger partial charge >= 0.3 is 5.97 Å². The molecule has 0 unspecified atom stereocenters. The zero-order valence-corrected chi connectivity index (χ0v) is 8.28. The topological polar surface area (TPSA) is 65.2 Å². The highest BCUT2D eigenvalue weighted by Gasteiger charge is 1.99. The van der Waals surface area contributed by atoms with Crippen LogP contribution in [0.3, 0.4) is 0 Å². The number of methoxy groups -OCH3 is 1. The van der Waals surface area contributed by atoms with Gasteiger partial charge < -0.3 is 10.5 Å². The summed E-state index contributed by atoms with van der Waals surface area (Å²) in [5.74, 6) is -0.455. The number of pyridine rings is 1. The summed E-state index contributed by atoms with van der Waals surface area (Å²) in [6.07, 6.45) is 4.19. The molecule has 4 nitrogen and oxygen atoms in total. The van der Waals surface area contributed by atoms with Crippen LogP contribution in [0, 0.1) is 0 Å². The number of nitrogen functional groups attached to an aromatic ring is 1. The number of rotatable bonds is 2. The van der Waals surface area contributed by atoms with E-state index in [2.05, 4.69) is 9.72 Å². The lowest BCUT2D eigenvalue weighted by Gasteiger charge is -1.98. The Labute approximate surface area is 86.3 Å². The molecule has 0 amide bonds. The van der Waals surface area contributed by atoms with Gasteiger partial charge in [-0.2, -0.15) is 0 Å². The Morgan fingerprint density at radius 1 is 1.71 bits per heavy atom. The van der Waals surface area contributed by atoms with E-state index in [0.29, 0.717) is 16.4 Å². The highest BCUT2D eigenvalue weighted by atomic mass is 35.5. The van der Waals surface area contributed by atoms with Crippen LogP contribution in [0.4, 0.5) is 5.69 Å². The number of nitrogens with zero attached hydrogens (tertiary/aromatic N) is 1. The van der Waals surface area contributed by atoms with Crippen molar-refractivity contribution in [1.82, 2.24) is 4.98 Å². The average molecular weight is 213 g/mol. The Balaban J connectivity index is 2.90. The molecule has 5 heteroatoms. The fourth-order valence-corrected chi connectivity index (χ4v) is 0.991. The van der Waals surface area contributed by atoms with Gasteiger partial charge in [-0.25, -0.2) is 9.78 Å². The molecule has 14 heavy (non-hydrogen) atoms. The molecule has 0 fully saturated rings. The molecule has 0 bridgehead atoms. The summed E-state index contributed by atoms with van der Waals surface area (Å²) < 4.78 is 4.42. The van der Waals surface area contributed by atoms with Crippen LogP contribution in [-0.2, 0) is 9.53 Å². The molecule has 2 N–H and O–H groups in total. The fraction of sp³-hybridized carbons (Fsp3) is 0.111. The van der Waals surface area contributed by atoms with Crippen molar-refractivity contribution >= 4 is 29.3 Å². The maximum Gasteiger partial charge on any atom is 0.330 e. The molecule has 0 spiro atoms. The monoisotopic (exact) mass is 212 g/mol. The van der Waals surface area contributed by atoms with E-state index in [4.69, 9.17) is 17.3 Å². The van der Waals surface area contributed by atoms with Gasteiger partial charge in [0, 0.05) is 11.6 Å². The molecule has 1 aromatic rings. The van der Waals surface area contributed by atoms with Crippen LogP contribution in [-0.4, -0.2) is 18.1 Å². The third-order valence-electron chi connectivity index (χ3n) is 1.49. The third kappa shape index (κ3) is 2.74. The van der Waals surface area contributed by atoms with Gasteiger partial charge in [-0.1, -0.05) is 11.6 Å². The molecular formula is C9H9ClN2O2. The van der Waals surface area contributed by atoms with Crippen LogP contribution >= 0.6 is 11.6 Å². The molecule has 0 aromatic carbocycles. The molecule has 0 saturated heterocycles. The van der Waals surface area contributed by atoms with E-state index in [9.17, 15) is 4.79 Å². The molecule has 0 aliphatic heterocycles. The number of carbonyl (C=O) groups excluding carboxylic acids is 1. The Morgan fingerprint density at radius 2 is 2.43 bits per heavy atom. The highest BCUT2D eigenvalue weighted by molar-refractivity contribution is 6.31. The molecule has 0 aliphatic carbocycles. The Morgan fingerprint density at radius 3 is 3.07 bits per heavy atom. The van der Waals surface area contributed by atoms with E-state index in [0.717, 1.165) is 0 Å². The number of nitrogens with two attached hydrogens (primary N) is 1. The SMILES string of the molecule is COC(=O)C=Cc1cc(N)cnc1Cl. The van der Waals surface area contributed by atoms with Crippen LogP contribution in [0.5, 0.6) is 0 Å². The van der Waals surface area contributed by atoms with Gasteiger partial charge in [-0.3, -0.25) is 0 Å². The summed E-state index contributed by atoms with van der Waals surface area (Å²) in [6, 6.07) is 1.62. The van der Waals surface area contributed by atoms with Crippen molar-refractivity contribution in [3.05, 3.63) is 29.1 Å². The molecule has 0 aliphatic rings. The first-order chi connectivity index (χ1) is 6.63. The average Bonchev–Trinajstić information content (AvgIpc) is 2.19. The maximum absolute atomic E-state index is 10.8. The van der Waals surface area contributed by atoms with Crippen LogP contribution in [0.1, 0.15) is 5.56 Å². The lowest BCUT2D eigenvalue weighted by atomic mass is 10.2. The minimum absolute atomic E-state index is 0.291. The van der Waals surface area contributed by atoms with Gasteiger partial charge in [-0.15, -0.1) is 0 Å². The largest absolute Gasteiger partial charge is 0.466 e. The molecule has 1 heterocycles. The Hall–Kier alpha value is -1.55. The predicted octanol–water partition coefficient (Wildman–Crippen LogP) is 1.50. The zero-order chi connectivity index (χ0) is 10.6. The molecule has 1 aromatic heterocycles. The van der Waals surface area contributed by atoms with Crippen molar-refractivity contribution in [2.45, 2.75) is 0 Å². The van der Waals surface area contributed by atoms with E-state index in [1.807, 2.05) is 0 Å². The first kappa shape index (κ1) is 10.5. The molecule has 0 saturated carbocycles. The summed E-state index contributed by atoms with van der Waals surface area (Å²) in [5.41, 5.74) is 6.56. The number of carbonyl (C=O) groups is 1. The van der Waals surface area contributed by atoms with E-state index < -0.39 is 5.97 Å². The van der Waals surface area contributed by atoms with Gasteiger partial charge in [0.2, 0.25) is 0 Å². The number of ether oxygens (including phenoxy) is 1. The van der Waals surface area contributed by atoms with Crippen molar-refractivity contribution in [3.63, 3.8) is 0 Å². The molecule has 74 valence electrons. The summed E-state index contributed by atoms with van der Waals surface area (Å²) in [4.78, 5) is 14.6. The van der Waals surface area contributed by atoms with Crippen LogP contribution in [0.15, 0.2) is 18.3 Å². The van der Waals surface area contributed by atoms with Gasteiger partial charge in [0.1, 0.15) is 5.15 Å². The van der Waals surface area contributed by atoms with Crippen LogP contribution < -0.4 is 5.73 Å². The van der Waals surface area contributed by atoms with Crippen LogP contribution in [0.2, 0.25) is 5.15 Å². The number of hydrogen-bond acceptors (Lipinski definition) is 4. The van der Waals surface area contributed by atoms with Gasteiger partial charge in [-0.05, 0) is 12.1 Å². The zero-order valence-electron chi connectivity index (χ0n) is 7.53. The first-order valence-electron chi connectivity index (χ1n) is 3.80. The summed E-state index contributed by atoms with van der Waals surface area (Å²) in [5, 5.41) is 0.291. The second-order valence-electron chi connectivity index (χ2n) is 2.51. The lowest BCUT2D eigenvalue weighted by Crippen LogP contribution is -1.94. The summed E-state index contributed by atoms with van der Waals surface area (Å²) in [6.45, 7) is 0. The summed E-state index contributed by atoms with van der Waals surface area (Å²) in [7, 11) is 1.30. The minimum Gasteiger partial charge on any atom is -0.466 e. The smallest absolute Gasteiger partial charge is 0.330 e. The normalized spacial score (nSPS) is 10.4. The quantitative estimate of drug-likeness (QED) is 0.459. The minimum atomic E-state index is -0.455. The van der Waals surface area contributed by atoms with Crippen molar-refractivity contribution < 1.29 is 9.53 Å². The number of hydrogen-bond donors (Lipinski definition) is 1. The van der Waals surface area contributed by atoms with Gasteiger partial charge in [0.25, 0.3) is 0 Å². The van der Waals surface area contributed by atoms with Crippen LogP contribution in [0.25, 0.3) is 6.08 Å². The Bertz CT molecular complexity index is 377. The lowest BCUT2D eigenvalue weighted by molar-refractivity contribution is -0.134. The van der Waals surface area contributed by atoms with Crippen molar-refractivity contribution in [2.24, 2.45) is 0 Å². The molecule has 1 rings (SSSR count). The Kier molecular flexibility index (Phi) is 3.48. The van der Waals surface area contributed by atoms with E-state index in [1.165, 1.54) is 25.5 Å². The van der Waals surface area contributed by atoms with Crippen molar-refractivity contribution in [3.8, 4) is 0 Å². The summed E-state index contributed by atoms with van der Waals surface area (Å²) >= 11 is 5.75. The van der Waals surface area contributed by atoms with Gasteiger partial charge in [0.15, 0.2) is 0 Å². The number of halogens is 1. The van der Waals surface area contributed by atoms with E-state index in [-0.39, 0.29) is 0 Å². The fourth-order valence-electron chi connectivity index (χ4n) is 0.825. The first-order valence-corrected chi connectivity index (χ1v) is 4.18. The molecule has 0 radical (unpaired) electrons. The number of aromatic nitrogens is 1. The molecule has 0 atom stereocenters. The van der Waals surface area contributed by atoms with Gasteiger partial charge in [0.05, 0.1) is 19.0 Å². The third-order valence-corrected chi connectivity index (χ3v) is 1.80. The predicted molar refractivity (Wildman–Crippen MR) is 54.7 cm³/mol. The maximum atomic E-state index is 10.8. The second kappa shape index (κ2) is 4.62. The highest BCUT2D eigenvalue weighted by Crippen LogP contribution is 2.16. The van der Waals surface area contributed by atoms with Crippen molar-refractivity contribution in [1.29, 1.82) is 0 Å². The van der Waals surface area contributed by atoms with Crippen molar-refractivity contribution in [2.75, 3.05) is 12.8 Å².